The normalized spacial score (nSPS) is 12.7. The van der Waals surface area contributed by atoms with Crippen LogP contribution in [0.2, 0.25) is 0 Å². The molecule has 1 unspecified atom stereocenters. The summed E-state index contributed by atoms with van der Waals surface area (Å²) in [4.78, 5) is 37.3. The Hall–Kier alpha value is -1.59. The summed E-state index contributed by atoms with van der Waals surface area (Å²) in [7, 11) is 0. The van der Waals surface area contributed by atoms with Crippen molar-refractivity contribution in [2.45, 2.75) is 214 Å². The third-order valence-electron chi connectivity index (χ3n) is 9.08. The molecule has 0 rings (SSSR count). The van der Waals surface area contributed by atoms with Crippen LogP contribution in [0, 0.1) is 11.8 Å². The first-order valence-corrected chi connectivity index (χ1v) is 19.8. The van der Waals surface area contributed by atoms with Crippen LogP contribution in [-0.2, 0) is 28.6 Å². The zero-order valence-corrected chi connectivity index (χ0v) is 31.2. The van der Waals surface area contributed by atoms with Gasteiger partial charge in [-0.1, -0.05) is 169 Å². The molecule has 0 spiro atoms. The summed E-state index contributed by atoms with van der Waals surface area (Å²) in [5.74, 6) is 0.730. The van der Waals surface area contributed by atoms with E-state index in [0.29, 0.717) is 19.3 Å². The third-order valence-corrected chi connectivity index (χ3v) is 9.08. The maximum Gasteiger partial charge on any atom is 0.306 e. The molecule has 46 heavy (non-hydrogen) atoms. The summed E-state index contributed by atoms with van der Waals surface area (Å²) < 4.78 is 16.6. The zero-order chi connectivity index (χ0) is 34.1. The van der Waals surface area contributed by atoms with Gasteiger partial charge < -0.3 is 14.2 Å². The minimum atomic E-state index is -0.758. The zero-order valence-electron chi connectivity index (χ0n) is 31.2. The number of hydrogen-bond acceptors (Lipinski definition) is 6. The molecular formula is C40H76O6. The van der Waals surface area contributed by atoms with Gasteiger partial charge in [0, 0.05) is 19.3 Å². The van der Waals surface area contributed by atoms with Gasteiger partial charge in [0.15, 0.2) is 6.10 Å². The molecule has 0 heterocycles. The number of rotatable bonds is 34. The largest absolute Gasteiger partial charge is 0.462 e. The fourth-order valence-electron chi connectivity index (χ4n) is 5.66. The standard InChI is InChI=1S/C40H76O6/c1-6-8-9-10-13-20-25-30-38(41)44-33-37(34-45-39(42)31-26-21-17-16-18-23-28-35(3)4)46-40(43)32-27-22-15-12-11-14-19-24-29-36(5)7-2/h35-37H,6-34H2,1-5H3/t36?,37-/m1/s1. The van der Waals surface area contributed by atoms with Gasteiger partial charge in [0.25, 0.3) is 0 Å². The molecule has 2 atom stereocenters. The molecule has 0 aromatic carbocycles. The van der Waals surface area contributed by atoms with Crippen LogP contribution >= 0.6 is 0 Å². The Kier molecular flexibility index (Phi) is 32.2. The van der Waals surface area contributed by atoms with Gasteiger partial charge in [-0.25, -0.2) is 0 Å². The molecule has 6 nitrogen and oxygen atoms in total. The van der Waals surface area contributed by atoms with Crippen molar-refractivity contribution in [2.24, 2.45) is 11.8 Å². The monoisotopic (exact) mass is 653 g/mol. The molecule has 0 aromatic heterocycles. The summed E-state index contributed by atoms with van der Waals surface area (Å²) in [5, 5.41) is 0. The first-order valence-electron chi connectivity index (χ1n) is 19.8. The Morgan fingerprint density at radius 1 is 0.457 bits per heavy atom. The van der Waals surface area contributed by atoms with Gasteiger partial charge in [0.1, 0.15) is 13.2 Å². The van der Waals surface area contributed by atoms with Gasteiger partial charge in [-0.05, 0) is 31.1 Å². The van der Waals surface area contributed by atoms with Crippen molar-refractivity contribution in [1.29, 1.82) is 0 Å². The van der Waals surface area contributed by atoms with Crippen molar-refractivity contribution in [3.05, 3.63) is 0 Å². The van der Waals surface area contributed by atoms with E-state index in [0.717, 1.165) is 69.6 Å². The quantitative estimate of drug-likeness (QED) is 0.0391. The molecule has 0 radical (unpaired) electrons. The molecular weight excluding hydrogens is 576 g/mol. The van der Waals surface area contributed by atoms with Gasteiger partial charge in [-0.15, -0.1) is 0 Å². The van der Waals surface area contributed by atoms with Crippen molar-refractivity contribution >= 4 is 17.9 Å². The highest BCUT2D eigenvalue weighted by atomic mass is 16.6. The topological polar surface area (TPSA) is 78.9 Å². The van der Waals surface area contributed by atoms with Crippen LogP contribution in [0.3, 0.4) is 0 Å². The summed E-state index contributed by atoms with van der Waals surface area (Å²) in [5.41, 5.74) is 0. The Labute approximate surface area is 285 Å². The van der Waals surface area contributed by atoms with E-state index in [2.05, 4.69) is 34.6 Å². The molecule has 0 aliphatic rings. The number of carbonyl (C=O) groups is 3. The van der Waals surface area contributed by atoms with Crippen LogP contribution in [-0.4, -0.2) is 37.2 Å². The van der Waals surface area contributed by atoms with E-state index in [9.17, 15) is 14.4 Å². The van der Waals surface area contributed by atoms with Crippen LogP contribution in [0.4, 0.5) is 0 Å². The molecule has 0 aliphatic heterocycles. The predicted molar refractivity (Wildman–Crippen MR) is 192 cm³/mol. The molecule has 0 aliphatic carbocycles. The third kappa shape index (κ3) is 32.4. The average molecular weight is 653 g/mol. The molecule has 0 bridgehead atoms. The molecule has 0 N–H and O–H groups in total. The van der Waals surface area contributed by atoms with Crippen molar-refractivity contribution in [3.8, 4) is 0 Å². The first kappa shape index (κ1) is 44.4. The van der Waals surface area contributed by atoms with Gasteiger partial charge in [-0.3, -0.25) is 14.4 Å². The van der Waals surface area contributed by atoms with Crippen LogP contribution in [0.15, 0.2) is 0 Å². The maximum atomic E-state index is 12.6. The fraction of sp³-hybridized carbons (Fsp3) is 0.925. The van der Waals surface area contributed by atoms with Crippen LogP contribution in [0.1, 0.15) is 208 Å². The second-order valence-electron chi connectivity index (χ2n) is 14.3. The van der Waals surface area contributed by atoms with E-state index >= 15 is 0 Å². The molecule has 6 heteroatoms. The number of unbranched alkanes of at least 4 members (excludes halogenated alkanes) is 18. The minimum Gasteiger partial charge on any atom is -0.462 e. The van der Waals surface area contributed by atoms with Crippen molar-refractivity contribution in [2.75, 3.05) is 13.2 Å². The summed E-state index contributed by atoms with van der Waals surface area (Å²) >= 11 is 0. The SMILES string of the molecule is CCCCCCCCCC(=O)OC[C@H](COC(=O)CCCCCCCCC(C)C)OC(=O)CCCCCCCCCCC(C)CC. The fourth-order valence-corrected chi connectivity index (χ4v) is 5.66. The molecule has 0 aromatic rings. The molecule has 0 saturated heterocycles. The van der Waals surface area contributed by atoms with E-state index in [4.69, 9.17) is 14.2 Å². The Morgan fingerprint density at radius 3 is 1.24 bits per heavy atom. The smallest absolute Gasteiger partial charge is 0.306 e. The van der Waals surface area contributed by atoms with Gasteiger partial charge in [0.2, 0.25) is 0 Å². The Morgan fingerprint density at radius 2 is 0.826 bits per heavy atom. The Bertz CT molecular complexity index is 706. The van der Waals surface area contributed by atoms with Crippen molar-refractivity contribution in [3.63, 3.8) is 0 Å². The highest BCUT2D eigenvalue weighted by Crippen LogP contribution is 2.16. The van der Waals surface area contributed by atoms with Crippen LogP contribution in [0.25, 0.3) is 0 Å². The average Bonchev–Trinajstić information content (AvgIpc) is 3.03. The summed E-state index contributed by atoms with van der Waals surface area (Å²) in [6.07, 6.45) is 28.2. The molecule has 0 saturated carbocycles. The highest BCUT2D eigenvalue weighted by molar-refractivity contribution is 5.71. The van der Waals surface area contributed by atoms with E-state index in [1.807, 2.05) is 0 Å². The lowest BCUT2D eigenvalue weighted by Crippen LogP contribution is -2.30. The van der Waals surface area contributed by atoms with Crippen molar-refractivity contribution < 1.29 is 28.6 Å². The van der Waals surface area contributed by atoms with E-state index in [1.54, 1.807) is 0 Å². The van der Waals surface area contributed by atoms with E-state index in [-0.39, 0.29) is 31.1 Å². The van der Waals surface area contributed by atoms with Crippen LogP contribution < -0.4 is 0 Å². The van der Waals surface area contributed by atoms with Gasteiger partial charge >= 0.3 is 17.9 Å². The first-order chi connectivity index (χ1) is 22.3. The molecule has 0 fully saturated rings. The van der Waals surface area contributed by atoms with E-state index in [1.165, 1.54) is 96.3 Å². The number of esters is 3. The maximum absolute atomic E-state index is 12.6. The lowest BCUT2D eigenvalue weighted by Gasteiger charge is -2.18. The lowest BCUT2D eigenvalue weighted by atomic mass is 9.99. The number of ether oxygens (including phenoxy) is 3. The number of hydrogen-bond donors (Lipinski definition) is 0. The predicted octanol–water partition coefficient (Wildman–Crippen LogP) is 11.8. The van der Waals surface area contributed by atoms with Gasteiger partial charge in [0.05, 0.1) is 0 Å². The minimum absolute atomic E-state index is 0.0677. The molecule has 272 valence electrons. The van der Waals surface area contributed by atoms with Crippen LogP contribution in [0.5, 0.6) is 0 Å². The van der Waals surface area contributed by atoms with Gasteiger partial charge in [-0.2, -0.15) is 0 Å². The second kappa shape index (κ2) is 33.3. The summed E-state index contributed by atoms with van der Waals surface area (Å²) in [6.45, 7) is 11.2. The second-order valence-corrected chi connectivity index (χ2v) is 14.3. The van der Waals surface area contributed by atoms with E-state index < -0.39 is 6.10 Å². The lowest BCUT2D eigenvalue weighted by molar-refractivity contribution is -0.167. The Balaban J connectivity index is 4.35. The number of carbonyl (C=O) groups excluding carboxylic acids is 3. The highest BCUT2D eigenvalue weighted by Gasteiger charge is 2.19. The van der Waals surface area contributed by atoms with Crippen molar-refractivity contribution in [1.82, 2.24) is 0 Å². The molecule has 0 amide bonds. The summed E-state index contributed by atoms with van der Waals surface area (Å²) in [6, 6.07) is 0.